The van der Waals surface area contributed by atoms with Gasteiger partial charge in [0.15, 0.2) is 0 Å². The van der Waals surface area contributed by atoms with Crippen LogP contribution in [0.4, 0.5) is 4.39 Å². The van der Waals surface area contributed by atoms with E-state index in [9.17, 15) is 9.50 Å². The summed E-state index contributed by atoms with van der Waals surface area (Å²) in [6.07, 6.45) is 3.11. The Morgan fingerprint density at radius 3 is 2.32 bits per heavy atom. The highest BCUT2D eigenvalue weighted by atomic mass is 19.1. The largest absolute Gasteiger partial charge is 0.508 e. The molecule has 1 aromatic carbocycles. The molecule has 0 amide bonds. The van der Waals surface area contributed by atoms with Crippen molar-refractivity contribution < 1.29 is 9.50 Å². The number of nitrogens with zero attached hydrogens (tertiary/aromatic N) is 2. The SMILES string of the molecule is Oc1ccc(-c2cnc(-c3ccc(F)nc3)[nH]2)cc1. The molecule has 0 saturated heterocycles. The van der Waals surface area contributed by atoms with Crippen molar-refractivity contribution >= 4 is 0 Å². The normalized spacial score (nSPS) is 10.6. The Morgan fingerprint density at radius 2 is 1.63 bits per heavy atom. The van der Waals surface area contributed by atoms with E-state index in [1.165, 1.54) is 12.3 Å². The predicted octanol–water partition coefficient (Wildman–Crippen LogP) is 2.98. The van der Waals surface area contributed by atoms with Crippen molar-refractivity contribution in [2.75, 3.05) is 0 Å². The minimum atomic E-state index is -0.519. The number of hydrogen-bond donors (Lipinski definition) is 2. The molecule has 3 aromatic rings. The number of imidazole rings is 1. The van der Waals surface area contributed by atoms with Crippen LogP contribution in [0.15, 0.2) is 48.8 Å². The average Bonchev–Trinajstić information content (AvgIpc) is 2.90. The van der Waals surface area contributed by atoms with Gasteiger partial charge in [0.2, 0.25) is 5.95 Å². The Kier molecular flexibility index (Phi) is 2.72. The van der Waals surface area contributed by atoms with Gasteiger partial charge >= 0.3 is 0 Å². The molecule has 0 fully saturated rings. The number of nitrogens with one attached hydrogen (secondary N) is 1. The fourth-order valence-corrected chi connectivity index (χ4v) is 1.77. The van der Waals surface area contributed by atoms with E-state index >= 15 is 0 Å². The second-order valence-electron chi connectivity index (χ2n) is 4.06. The lowest BCUT2D eigenvalue weighted by molar-refractivity contribution is 0.475. The first-order valence-electron chi connectivity index (χ1n) is 5.69. The van der Waals surface area contributed by atoms with Gasteiger partial charge in [0.25, 0.3) is 0 Å². The minimum absolute atomic E-state index is 0.214. The quantitative estimate of drug-likeness (QED) is 0.692. The number of aromatic hydroxyl groups is 1. The fraction of sp³-hybridized carbons (Fsp3) is 0. The van der Waals surface area contributed by atoms with E-state index in [0.29, 0.717) is 11.4 Å². The lowest BCUT2D eigenvalue weighted by Crippen LogP contribution is -1.85. The second kappa shape index (κ2) is 4.53. The van der Waals surface area contributed by atoms with E-state index in [2.05, 4.69) is 15.0 Å². The molecule has 3 rings (SSSR count). The van der Waals surface area contributed by atoms with Crippen molar-refractivity contribution in [2.45, 2.75) is 0 Å². The summed E-state index contributed by atoms with van der Waals surface area (Å²) in [7, 11) is 0. The van der Waals surface area contributed by atoms with Crippen LogP contribution in [0.2, 0.25) is 0 Å². The van der Waals surface area contributed by atoms with E-state index in [1.807, 2.05) is 0 Å². The maximum absolute atomic E-state index is 12.7. The lowest BCUT2D eigenvalue weighted by atomic mass is 10.2. The second-order valence-corrected chi connectivity index (χ2v) is 4.06. The fourth-order valence-electron chi connectivity index (χ4n) is 1.77. The molecule has 0 aliphatic heterocycles. The van der Waals surface area contributed by atoms with E-state index in [1.54, 1.807) is 36.5 Å². The van der Waals surface area contributed by atoms with Crippen molar-refractivity contribution in [3.8, 4) is 28.4 Å². The Morgan fingerprint density at radius 1 is 0.895 bits per heavy atom. The number of phenols is 1. The zero-order chi connectivity index (χ0) is 13.2. The van der Waals surface area contributed by atoms with Gasteiger partial charge in [-0.3, -0.25) is 0 Å². The van der Waals surface area contributed by atoms with Crippen LogP contribution in [0.5, 0.6) is 5.75 Å². The number of benzene rings is 1. The molecular weight excluding hydrogens is 245 g/mol. The van der Waals surface area contributed by atoms with Crippen LogP contribution in [0.25, 0.3) is 22.6 Å². The number of rotatable bonds is 2. The highest BCUT2D eigenvalue weighted by molar-refractivity contribution is 5.64. The predicted molar refractivity (Wildman–Crippen MR) is 68.9 cm³/mol. The molecule has 0 aliphatic carbocycles. The summed E-state index contributed by atoms with van der Waals surface area (Å²) >= 11 is 0. The first-order valence-corrected chi connectivity index (χ1v) is 5.69. The van der Waals surface area contributed by atoms with Crippen molar-refractivity contribution in [1.82, 2.24) is 15.0 Å². The summed E-state index contributed by atoms with van der Waals surface area (Å²) < 4.78 is 12.7. The number of hydrogen-bond acceptors (Lipinski definition) is 3. The van der Waals surface area contributed by atoms with Gasteiger partial charge < -0.3 is 10.1 Å². The summed E-state index contributed by atoms with van der Waals surface area (Å²) in [5, 5.41) is 9.24. The van der Waals surface area contributed by atoms with E-state index < -0.39 is 5.95 Å². The maximum Gasteiger partial charge on any atom is 0.212 e. The van der Waals surface area contributed by atoms with E-state index in [4.69, 9.17) is 0 Å². The Bertz CT molecular complexity index is 629. The molecule has 0 spiro atoms. The number of H-pyrrole nitrogens is 1. The molecule has 2 N–H and O–H groups in total. The van der Waals surface area contributed by atoms with Crippen LogP contribution in [-0.4, -0.2) is 20.1 Å². The maximum atomic E-state index is 12.7. The van der Waals surface area contributed by atoms with Crippen LogP contribution in [0.3, 0.4) is 0 Å². The number of aromatic amines is 1. The van der Waals surface area contributed by atoms with E-state index in [-0.39, 0.29) is 5.75 Å². The molecule has 2 heterocycles. The summed E-state index contributed by atoms with van der Waals surface area (Å²) in [5.41, 5.74) is 2.44. The molecule has 0 atom stereocenters. The number of halogens is 1. The number of phenolic OH excluding ortho intramolecular Hbond substituents is 1. The number of aromatic nitrogens is 3. The van der Waals surface area contributed by atoms with E-state index in [0.717, 1.165) is 11.3 Å². The third-order valence-electron chi connectivity index (χ3n) is 2.75. The first-order chi connectivity index (χ1) is 9.22. The third kappa shape index (κ3) is 2.30. The first kappa shape index (κ1) is 11.4. The molecule has 2 aromatic heterocycles. The summed E-state index contributed by atoms with van der Waals surface area (Å²) in [5.74, 6) is 0.316. The Hall–Kier alpha value is -2.69. The Labute approximate surface area is 108 Å². The molecule has 0 aliphatic rings. The van der Waals surface area contributed by atoms with Gasteiger partial charge in [0.05, 0.1) is 11.9 Å². The molecular formula is C14H10FN3O. The van der Waals surface area contributed by atoms with Crippen molar-refractivity contribution in [1.29, 1.82) is 0 Å². The summed E-state index contributed by atoms with van der Waals surface area (Å²) in [6.45, 7) is 0. The lowest BCUT2D eigenvalue weighted by Gasteiger charge is -1.98. The third-order valence-corrected chi connectivity index (χ3v) is 2.75. The van der Waals surface area contributed by atoms with Crippen LogP contribution >= 0.6 is 0 Å². The van der Waals surface area contributed by atoms with Gasteiger partial charge in [0, 0.05) is 11.8 Å². The molecule has 0 radical (unpaired) electrons. The van der Waals surface area contributed by atoms with Gasteiger partial charge in [-0.25, -0.2) is 9.97 Å². The molecule has 0 unspecified atom stereocenters. The van der Waals surface area contributed by atoms with Crippen molar-refractivity contribution in [2.24, 2.45) is 0 Å². The molecule has 0 bridgehead atoms. The summed E-state index contributed by atoms with van der Waals surface area (Å²) in [6, 6.07) is 9.69. The highest BCUT2D eigenvalue weighted by Gasteiger charge is 2.06. The Balaban J connectivity index is 1.95. The standard InChI is InChI=1S/C14H10FN3O/c15-13-6-3-10(7-16-13)14-17-8-12(18-14)9-1-4-11(19)5-2-9/h1-8,19H,(H,17,18). The zero-order valence-electron chi connectivity index (χ0n) is 9.84. The minimum Gasteiger partial charge on any atom is -0.508 e. The zero-order valence-corrected chi connectivity index (χ0v) is 9.84. The monoisotopic (exact) mass is 255 g/mol. The average molecular weight is 255 g/mol. The van der Waals surface area contributed by atoms with Crippen LogP contribution in [0.1, 0.15) is 0 Å². The molecule has 19 heavy (non-hydrogen) atoms. The smallest absolute Gasteiger partial charge is 0.212 e. The van der Waals surface area contributed by atoms with Gasteiger partial charge in [-0.1, -0.05) is 0 Å². The van der Waals surface area contributed by atoms with Gasteiger partial charge in [-0.05, 0) is 42.0 Å². The van der Waals surface area contributed by atoms with Gasteiger partial charge in [0.1, 0.15) is 11.6 Å². The summed E-state index contributed by atoms with van der Waals surface area (Å²) in [4.78, 5) is 11.0. The molecule has 94 valence electrons. The van der Waals surface area contributed by atoms with Gasteiger partial charge in [-0.15, -0.1) is 0 Å². The van der Waals surface area contributed by atoms with Crippen LogP contribution < -0.4 is 0 Å². The highest BCUT2D eigenvalue weighted by Crippen LogP contribution is 2.23. The van der Waals surface area contributed by atoms with Crippen LogP contribution in [0, 0.1) is 5.95 Å². The topological polar surface area (TPSA) is 61.8 Å². The number of pyridine rings is 1. The van der Waals surface area contributed by atoms with Gasteiger partial charge in [-0.2, -0.15) is 4.39 Å². The molecule has 5 heteroatoms. The molecule has 4 nitrogen and oxygen atoms in total. The van der Waals surface area contributed by atoms with Crippen molar-refractivity contribution in [3.05, 3.63) is 54.7 Å². The van der Waals surface area contributed by atoms with Crippen LogP contribution in [-0.2, 0) is 0 Å². The van der Waals surface area contributed by atoms with Crippen molar-refractivity contribution in [3.63, 3.8) is 0 Å². The molecule has 0 saturated carbocycles.